The zero-order chi connectivity index (χ0) is 14.8. The molecule has 2 heterocycles. The van der Waals surface area contributed by atoms with E-state index in [1.165, 1.54) is 23.5 Å². The van der Waals surface area contributed by atoms with Crippen LogP contribution in [0.15, 0.2) is 29.6 Å². The Bertz CT molecular complexity index is 852. The highest BCUT2D eigenvalue weighted by Crippen LogP contribution is 2.29. The predicted octanol–water partition coefficient (Wildman–Crippen LogP) is 3.49. The number of hydrogen-bond donors (Lipinski definition) is 2. The van der Waals surface area contributed by atoms with Gasteiger partial charge in [-0.05, 0) is 29.6 Å². The lowest BCUT2D eigenvalue weighted by Gasteiger charge is -2.09. The van der Waals surface area contributed by atoms with Gasteiger partial charge < -0.3 is 10.6 Å². The topological polar surface area (TPSA) is 73.6 Å². The lowest BCUT2D eigenvalue weighted by atomic mass is 10.2. The fourth-order valence-electron chi connectivity index (χ4n) is 1.88. The van der Waals surface area contributed by atoms with E-state index in [0.29, 0.717) is 11.8 Å². The fraction of sp³-hybridized carbons (Fsp3) is 0.0714. The van der Waals surface area contributed by atoms with Crippen LogP contribution in [0.1, 0.15) is 5.56 Å². The third kappa shape index (κ3) is 2.49. The van der Waals surface area contributed by atoms with Crippen molar-refractivity contribution in [1.82, 2.24) is 9.97 Å². The standard InChI is InChI=1S/C14H10FN5S/c1-17-14-19-12(9-4-5-21-13(9)20-14)18-11-3-2-8(7-16)6-10(11)15/h2-6H,1H3,(H2,17,18,19,20). The highest BCUT2D eigenvalue weighted by molar-refractivity contribution is 7.16. The van der Waals surface area contributed by atoms with Gasteiger partial charge in [0.15, 0.2) is 0 Å². The molecule has 0 aliphatic carbocycles. The number of nitrogens with zero attached hydrogens (tertiary/aromatic N) is 3. The highest BCUT2D eigenvalue weighted by Gasteiger charge is 2.11. The molecule has 0 bridgehead atoms. The molecule has 2 N–H and O–H groups in total. The van der Waals surface area contributed by atoms with Crippen LogP contribution in [0.4, 0.5) is 21.8 Å². The van der Waals surface area contributed by atoms with Crippen LogP contribution in [0.2, 0.25) is 0 Å². The van der Waals surface area contributed by atoms with E-state index in [0.717, 1.165) is 10.2 Å². The second kappa shape index (κ2) is 5.34. The van der Waals surface area contributed by atoms with Crippen LogP contribution in [0.25, 0.3) is 10.2 Å². The second-order valence-corrected chi connectivity index (χ2v) is 5.11. The van der Waals surface area contributed by atoms with Crippen molar-refractivity contribution in [2.45, 2.75) is 0 Å². The number of thiophene rings is 1. The molecule has 3 rings (SSSR count). The quantitative estimate of drug-likeness (QED) is 0.774. The van der Waals surface area contributed by atoms with E-state index in [1.54, 1.807) is 13.1 Å². The molecule has 0 unspecified atom stereocenters. The van der Waals surface area contributed by atoms with Crippen LogP contribution in [-0.2, 0) is 0 Å². The third-order valence-corrected chi connectivity index (χ3v) is 3.71. The molecular weight excluding hydrogens is 289 g/mol. The van der Waals surface area contributed by atoms with Crippen molar-refractivity contribution in [2.24, 2.45) is 0 Å². The molecule has 0 saturated carbocycles. The average molecular weight is 299 g/mol. The molecule has 0 radical (unpaired) electrons. The summed E-state index contributed by atoms with van der Waals surface area (Å²) in [5, 5.41) is 17.3. The second-order valence-electron chi connectivity index (χ2n) is 4.22. The molecule has 2 aromatic heterocycles. The van der Waals surface area contributed by atoms with Crippen molar-refractivity contribution in [3.63, 3.8) is 0 Å². The normalized spacial score (nSPS) is 10.3. The van der Waals surface area contributed by atoms with Gasteiger partial charge in [-0.3, -0.25) is 0 Å². The van der Waals surface area contributed by atoms with E-state index in [9.17, 15) is 4.39 Å². The number of nitriles is 1. The van der Waals surface area contributed by atoms with E-state index in [-0.39, 0.29) is 11.3 Å². The Morgan fingerprint density at radius 3 is 2.86 bits per heavy atom. The van der Waals surface area contributed by atoms with Gasteiger partial charge in [0.1, 0.15) is 16.5 Å². The maximum atomic E-state index is 14.0. The average Bonchev–Trinajstić information content (AvgIpc) is 2.97. The monoisotopic (exact) mass is 299 g/mol. The van der Waals surface area contributed by atoms with Crippen LogP contribution < -0.4 is 10.6 Å². The summed E-state index contributed by atoms with van der Waals surface area (Å²) in [6, 6.07) is 8.04. The number of hydrogen-bond acceptors (Lipinski definition) is 6. The summed E-state index contributed by atoms with van der Waals surface area (Å²) in [5.74, 6) is 0.484. The molecule has 21 heavy (non-hydrogen) atoms. The number of benzene rings is 1. The first-order valence-electron chi connectivity index (χ1n) is 6.11. The Kier molecular flexibility index (Phi) is 3.38. The Balaban J connectivity index is 2.05. The van der Waals surface area contributed by atoms with E-state index in [2.05, 4.69) is 20.6 Å². The van der Waals surface area contributed by atoms with Crippen molar-refractivity contribution in [2.75, 3.05) is 17.7 Å². The SMILES string of the molecule is CNc1nc(Nc2ccc(C#N)cc2F)c2ccsc2n1. The lowest BCUT2D eigenvalue weighted by molar-refractivity contribution is 0.631. The van der Waals surface area contributed by atoms with Crippen molar-refractivity contribution in [3.8, 4) is 6.07 Å². The number of fused-ring (bicyclic) bond motifs is 1. The van der Waals surface area contributed by atoms with E-state index in [1.807, 2.05) is 17.5 Å². The molecule has 0 atom stereocenters. The van der Waals surface area contributed by atoms with Gasteiger partial charge in [-0.2, -0.15) is 10.2 Å². The highest BCUT2D eigenvalue weighted by atomic mass is 32.1. The van der Waals surface area contributed by atoms with Crippen LogP contribution in [0, 0.1) is 17.1 Å². The zero-order valence-electron chi connectivity index (χ0n) is 11.0. The molecule has 3 aromatic rings. The Morgan fingerprint density at radius 1 is 1.29 bits per heavy atom. The van der Waals surface area contributed by atoms with E-state index >= 15 is 0 Å². The molecule has 0 aliphatic heterocycles. The molecule has 0 amide bonds. The van der Waals surface area contributed by atoms with Gasteiger partial charge in [-0.15, -0.1) is 11.3 Å². The summed E-state index contributed by atoms with van der Waals surface area (Å²) in [7, 11) is 1.72. The molecule has 104 valence electrons. The smallest absolute Gasteiger partial charge is 0.225 e. The number of aromatic nitrogens is 2. The summed E-state index contributed by atoms with van der Waals surface area (Å²) in [4.78, 5) is 9.45. The van der Waals surface area contributed by atoms with Gasteiger partial charge >= 0.3 is 0 Å². The minimum Gasteiger partial charge on any atom is -0.357 e. The predicted molar refractivity (Wildman–Crippen MR) is 81.4 cm³/mol. The van der Waals surface area contributed by atoms with Crippen LogP contribution in [0.5, 0.6) is 0 Å². The summed E-state index contributed by atoms with van der Waals surface area (Å²) in [5.41, 5.74) is 0.541. The van der Waals surface area contributed by atoms with Crippen molar-refractivity contribution >= 4 is 39.0 Å². The first-order chi connectivity index (χ1) is 10.2. The van der Waals surface area contributed by atoms with Crippen molar-refractivity contribution in [1.29, 1.82) is 5.26 Å². The number of rotatable bonds is 3. The first-order valence-corrected chi connectivity index (χ1v) is 6.99. The van der Waals surface area contributed by atoms with E-state index in [4.69, 9.17) is 5.26 Å². The van der Waals surface area contributed by atoms with Gasteiger partial charge in [0.05, 0.1) is 22.7 Å². The minimum atomic E-state index is -0.498. The summed E-state index contributed by atoms with van der Waals surface area (Å²) in [6.07, 6.45) is 0. The number of halogens is 1. The molecule has 0 fully saturated rings. The van der Waals surface area contributed by atoms with Gasteiger partial charge in [0, 0.05) is 7.05 Å². The minimum absolute atomic E-state index is 0.266. The third-order valence-electron chi connectivity index (χ3n) is 2.90. The zero-order valence-corrected chi connectivity index (χ0v) is 11.8. The maximum Gasteiger partial charge on any atom is 0.225 e. The van der Waals surface area contributed by atoms with Crippen molar-refractivity contribution in [3.05, 3.63) is 41.0 Å². The maximum absolute atomic E-state index is 14.0. The summed E-state index contributed by atoms with van der Waals surface area (Å²) >= 11 is 1.48. The molecular formula is C14H10FN5S. The lowest BCUT2D eigenvalue weighted by Crippen LogP contribution is -2.02. The van der Waals surface area contributed by atoms with E-state index < -0.39 is 5.82 Å². The molecule has 0 spiro atoms. The molecule has 7 heteroatoms. The fourth-order valence-corrected chi connectivity index (χ4v) is 2.64. The molecule has 1 aromatic carbocycles. The molecule has 5 nitrogen and oxygen atoms in total. The Labute approximate surface area is 124 Å². The van der Waals surface area contributed by atoms with Crippen molar-refractivity contribution < 1.29 is 4.39 Å². The number of nitrogens with one attached hydrogen (secondary N) is 2. The Morgan fingerprint density at radius 2 is 2.14 bits per heavy atom. The summed E-state index contributed by atoms with van der Waals surface area (Å²) < 4.78 is 14.0. The van der Waals surface area contributed by atoms with Crippen LogP contribution in [-0.4, -0.2) is 17.0 Å². The molecule has 0 saturated heterocycles. The van der Waals surface area contributed by atoms with Gasteiger partial charge in [0.25, 0.3) is 0 Å². The van der Waals surface area contributed by atoms with Gasteiger partial charge in [-0.1, -0.05) is 0 Å². The van der Waals surface area contributed by atoms with Crippen LogP contribution in [0.3, 0.4) is 0 Å². The van der Waals surface area contributed by atoms with Gasteiger partial charge in [0.2, 0.25) is 5.95 Å². The van der Waals surface area contributed by atoms with Crippen LogP contribution >= 0.6 is 11.3 Å². The first kappa shape index (κ1) is 13.3. The molecule has 0 aliphatic rings. The summed E-state index contributed by atoms with van der Waals surface area (Å²) in [6.45, 7) is 0. The number of anilines is 3. The Hall–Kier alpha value is -2.72. The largest absolute Gasteiger partial charge is 0.357 e. The van der Waals surface area contributed by atoms with Gasteiger partial charge in [-0.25, -0.2) is 9.37 Å².